The number of hydrogen-bond acceptors (Lipinski definition) is 9. The molecule has 4 saturated carbocycles. The van der Waals surface area contributed by atoms with Crippen LogP contribution in [0.25, 0.3) is 22.3 Å². The molecule has 0 radical (unpaired) electrons. The van der Waals surface area contributed by atoms with E-state index in [0.717, 1.165) is 116 Å². The van der Waals surface area contributed by atoms with Gasteiger partial charge in [0.1, 0.15) is 18.1 Å². The molecule has 0 unspecified atom stereocenters. The second-order valence-corrected chi connectivity index (χ2v) is 25.2. The molecule has 0 atom stereocenters. The number of ether oxygens (including phenoxy) is 3. The van der Waals surface area contributed by atoms with Crippen LogP contribution in [-0.4, -0.2) is 93.7 Å². The van der Waals surface area contributed by atoms with Gasteiger partial charge in [-0.1, -0.05) is 48.5 Å². The van der Waals surface area contributed by atoms with Gasteiger partial charge in [-0.25, -0.2) is 4.79 Å². The Bertz CT molecular complexity index is 3110. The average Bonchev–Trinajstić information content (AvgIpc) is 4.33. The van der Waals surface area contributed by atoms with Gasteiger partial charge < -0.3 is 34.2 Å². The van der Waals surface area contributed by atoms with Gasteiger partial charge in [0.15, 0.2) is 0 Å². The van der Waals surface area contributed by atoms with Crippen LogP contribution in [0.15, 0.2) is 110 Å². The van der Waals surface area contributed by atoms with E-state index >= 15 is 0 Å². The molecule has 0 spiro atoms. The number of benzene rings is 4. The van der Waals surface area contributed by atoms with Crippen LogP contribution in [0.5, 0.6) is 11.5 Å². The fourth-order valence-corrected chi connectivity index (χ4v) is 13.5. The summed E-state index contributed by atoms with van der Waals surface area (Å²) in [7, 11) is 3.44. The maximum absolute atomic E-state index is 14.2. The van der Waals surface area contributed by atoms with E-state index in [-0.39, 0.29) is 48.5 Å². The quantitative estimate of drug-likeness (QED) is 0.0798. The first-order valence-corrected chi connectivity index (χ1v) is 31.3. The lowest BCUT2D eigenvalue weighted by Gasteiger charge is -2.36. The van der Waals surface area contributed by atoms with Crippen LogP contribution in [0.4, 0.5) is 11.4 Å². The highest BCUT2D eigenvalue weighted by Gasteiger charge is 2.35. The largest absolute Gasteiger partial charge is 0.496 e. The molecule has 84 heavy (non-hydrogen) atoms. The summed E-state index contributed by atoms with van der Waals surface area (Å²) in [5, 5.41) is 28.1. The normalized spacial score (nSPS) is 22.7. The molecule has 4 aromatic carbocycles. The number of methoxy groups -OCH3 is 2. The van der Waals surface area contributed by atoms with Gasteiger partial charge in [0.25, 0.3) is 0 Å². The first-order chi connectivity index (χ1) is 40.5. The molecule has 450 valence electrons. The fourth-order valence-electron chi connectivity index (χ4n) is 13.5. The number of rotatable bonds is 19. The fraction of sp³-hybridized carbons (Fsp3) is 0.529. The van der Waals surface area contributed by atoms with Gasteiger partial charge in [-0.2, -0.15) is 10.2 Å². The van der Waals surface area contributed by atoms with E-state index < -0.39 is 5.97 Å². The number of hydrogen-bond donors (Lipinski definition) is 2. The molecule has 2 aromatic heterocycles. The summed E-state index contributed by atoms with van der Waals surface area (Å²) in [6.07, 6.45) is 22.3. The van der Waals surface area contributed by atoms with Crippen molar-refractivity contribution >= 4 is 29.2 Å². The molecule has 6 aromatic rings. The molecule has 14 nitrogen and oxygen atoms in total. The van der Waals surface area contributed by atoms with E-state index in [1.165, 1.54) is 22.3 Å². The van der Waals surface area contributed by atoms with Gasteiger partial charge in [0.2, 0.25) is 11.8 Å². The van der Waals surface area contributed by atoms with Crippen molar-refractivity contribution in [3.8, 4) is 33.8 Å². The van der Waals surface area contributed by atoms with Crippen LogP contribution in [0.3, 0.4) is 0 Å². The number of amides is 2. The van der Waals surface area contributed by atoms with E-state index in [4.69, 9.17) is 19.3 Å². The number of aliphatic hydroxyl groups is 1. The molecule has 2 amide bonds. The number of aliphatic carboxylic acids is 1. The molecule has 10 rings (SSSR count). The Morgan fingerprint density at radius 1 is 0.548 bits per heavy atom. The number of carbonyl (C=O) groups is 3. The van der Waals surface area contributed by atoms with Crippen molar-refractivity contribution in [1.82, 2.24) is 19.6 Å². The molecule has 14 heteroatoms. The minimum absolute atomic E-state index is 0.0191. The van der Waals surface area contributed by atoms with E-state index in [2.05, 4.69) is 148 Å². The van der Waals surface area contributed by atoms with E-state index in [1.807, 2.05) is 32.7 Å². The first kappa shape index (κ1) is 61.8. The van der Waals surface area contributed by atoms with Crippen LogP contribution >= 0.6 is 0 Å². The zero-order valence-electron chi connectivity index (χ0n) is 51.1. The second-order valence-electron chi connectivity index (χ2n) is 25.2. The Balaban J connectivity index is 0.000000202. The molecule has 2 N–H and O–H groups in total. The smallest absolute Gasteiger partial charge is 0.329 e. The van der Waals surface area contributed by atoms with Gasteiger partial charge in [-0.15, -0.1) is 0 Å². The molecule has 4 aliphatic carbocycles. The predicted octanol–water partition coefficient (Wildman–Crippen LogP) is 14.7. The topological polar surface area (TPSA) is 161 Å². The van der Waals surface area contributed by atoms with Crippen molar-refractivity contribution in [3.05, 3.63) is 132 Å². The van der Waals surface area contributed by atoms with Gasteiger partial charge in [0.05, 0.1) is 38.8 Å². The van der Waals surface area contributed by atoms with Crippen molar-refractivity contribution in [2.45, 2.75) is 180 Å². The molecular formula is C70H92N6O8. The molecule has 2 heterocycles. The van der Waals surface area contributed by atoms with Crippen LogP contribution in [-0.2, 0) is 19.1 Å². The lowest BCUT2D eigenvalue weighted by Crippen LogP contribution is -2.42. The third-order valence-corrected chi connectivity index (χ3v) is 18.6. The number of carboxylic acids is 1. The molecule has 4 fully saturated rings. The van der Waals surface area contributed by atoms with Crippen LogP contribution < -0.4 is 19.3 Å². The molecule has 4 aliphatic rings. The Morgan fingerprint density at radius 3 is 1.33 bits per heavy atom. The SMILES string of the molecule is COc1ccc(C2CCC(CN(C(=O)C3CCC(O)CC3)c3cccc(-c4cnn(C(C)C)c4)c3)CC2)cc1C.COc1ccc(C2CCC(CN(C(=O)C3CCC(OCC(=O)O)CC3)c3cccc(-c4cnn(C(C)C)c4)c3)CC2)cc1C. The van der Waals surface area contributed by atoms with Crippen molar-refractivity contribution in [2.75, 3.05) is 43.7 Å². The van der Waals surface area contributed by atoms with Gasteiger partial charge in [-0.3, -0.25) is 19.0 Å². The summed E-state index contributed by atoms with van der Waals surface area (Å²) < 4.78 is 20.4. The highest BCUT2D eigenvalue weighted by atomic mass is 16.5. The van der Waals surface area contributed by atoms with Gasteiger partial charge in [0, 0.05) is 71.9 Å². The summed E-state index contributed by atoms with van der Waals surface area (Å²) in [6.45, 7) is 13.9. The van der Waals surface area contributed by atoms with Gasteiger partial charge >= 0.3 is 5.97 Å². The zero-order chi connectivity index (χ0) is 59.4. The highest BCUT2D eigenvalue weighted by molar-refractivity contribution is 5.96. The summed E-state index contributed by atoms with van der Waals surface area (Å²) >= 11 is 0. The van der Waals surface area contributed by atoms with Crippen molar-refractivity contribution < 1.29 is 38.8 Å². The Morgan fingerprint density at radius 2 is 0.964 bits per heavy atom. The van der Waals surface area contributed by atoms with Crippen LogP contribution in [0, 0.1) is 37.5 Å². The number of aliphatic hydroxyl groups excluding tert-OH is 1. The maximum atomic E-state index is 14.2. The van der Waals surface area contributed by atoms with Crippen molar-refractivity contribution in [2.24, 2.45) is 23.7 Å². The molecular weight excluding hydrogens is 1050 g/mol. The minimum Gasteiger partial charge on any atom is -0.496 e. The van der Waals surface area contributed by atoms with E-state index in [0.29, 0.717) is 74.8 Å². The average molecular weight is 1150 g/mol. The maximum Gasteiger partial charge on any atom is 0.329 e. The van der Waals surface area contributed by atoms with Crippen LogP contribution in [0.1, 0.15) is 177 Å². The number of anilines is 2. The molecule has 0 saturated heterocycles. The number of carboxylic acid groups (broad SMARTS) is 1. The Hall–Kier alpha value is -6.77. The third kappa shape index (κ3) is 15.8. The summed E-state index contributed by atoms with van der Waals surface area (Å²) in [4.78, 5) is 43.3. The number of aryl methyl sites for hydroxylation is 2. The Labute approximate surface area is 498 Å². The predicted molar refractivity (Wildman–Crippen MR) is 333 cm³/mol. The lowest BCUT2D eigenvalue weighted by molar-refractivity contribution is -0.145. The van der Waals surface area contributed by atoms with Crippen LogP contribution in [0.2, 0.25) is 0 Å². The molecule has 0 aliphatic heterocycles. The summed E-state index contributed by atoms with van der Waals surface area (Å²) in [5.74, 6) is 3.19. The summed E-state index contributed by atoms with van der Waals surface area (Å²) in [6, 6.07) is 30.4. The standard InChI is InChI=1S/C36H47N3O5.C34H45N3O3/c1-24(2)39-22-31(20-37-39)29-6-5-7-32(19-29)38(36(42)28-12-15-33(16-13-28)44-23-35(40)41)21-26-8-10-27(11-9-26)30-14-17-34(43-4)25(3)18-30;1-23(2)37-22-30(20-35-37)28-6-5-7-31(19-28)36(34(39)27-12-15-32(38)16-13-27)21-25-8-10-26(11-9-25)29-14-17-33(40-4)24(3)18-29/h5-7,14,17-20,22,24,26-28,33H,8-13,15-16,21,23H2,1-4H3,(H,40,41);5-7,14,17-20,22-23,25-27,32,38H,8-13,15-16,21H2,1-4H3. The number of carbonyl (C=O) groups excluding carboxylic acids is 2. The monoisotopic (exact) mass is 1140 g/mol. The minimum atomic E-state index is -0.954. The number of aromatic nitrogens is 4. The lowest BCUT2D eigenvalue weighted by atomic mass is 9.78. The third-order valence-electron chi connectivity index (χ3n) is 18.6. The highest BCUT2D eigenvalue weighted by Crippen LogP contribution is 2.42. The number of nitrogens with zero attached hydrogens (tertiary/aromatic N) is 6. The van der Waals surface area contributed by atoms with Gasteiger partial charge in [-0.05, 0) is 238 Å². The zero-order valence-corrected chi connectivity index (χ0v) is 51.1. The van der Waals surface area contributed by atoms with Crippen molar-refractivity contribution in [1.29, 1.82) is 0 Å². The summed E-state index contributed by atoms with van der Waals surface area (Å²) in [5.41, 5.74) is 11.3. The van der Waals surface area contributed by atoms with Crippen molar-refractivity contribution in [3.63, 3.8) is 0 Å². The molecule has 0 bridgehead atoms. The second kappa shape index (κ2) is 28.9. The Kier molecular flexibility index (Phi) is 21.2. The van der Waals surface area contributed by atoms with E-state index in [1.54, 1.807) is 14.2 Å². The first-order valence-electron chi connectivity index (χ1n) is 31.3. The van der Waals surface area contributed by atoms with E-state index in [9.17, 15) is 19.5 Å².